The summed E-state index contributed by atoms with van der Waals surface area (Å²) in [6.45, 7) is 0.160. The van der Waals surface area contributed by atoms with Crippen molar-refractivity contribution in [3.05, 3.63) is 0 Å². The highest BCUT2D eigenvalue weighted by Crippen LogP contribution is 2.32. The average Bonchev–Trinajstić information content (AvgIpc) is 1.99. The first kappa shape index (κ1) is 9.87. The minimum Gasteiger partial charge on any atom is -0.336 e. The third kappa shape index (κ3) is 1.88. The van der Waals surface area contributed by atoms with Crippen LogP contribution in [0, 0.1) is 5.92 Å². The summed E-state index contributed by atoms with van der Waals surface area (Å²) in [5, 5.41) is 0. The fourth-order valence-corrected chi connectivity index (χ4v) is 2.07. The summed E-state index contributed by atoms with van der Waals surface area (Å²) in [5.41, 5.74) is 0. The molecule has 0 radical (unpaired) electrons. The Bertz CT molecular complexity index is 238. The van der Waals surface area contributed by atoms with E-state index in [4.69, 9.17) is 0 Å². The van der Waals surface area contributed by atoms with Gasteiger partial charge in [0.15, 0.2) is 0 Å². The number of hydrogen-bond donors (Lipinski definition) is 0. The molecule has 1 aliphatic carbocycles. The first-order valence-corrected chi connectivity index (χ1v) is 5.25. The lowest BCUT2D eigenvalue weighted by molar-refractivity contribution is -0.148. The Balaban J connectivity index is 1.93. The van der Waals surface area contributed by atoms with Gasteiger partial charge in [0.25, 0.3) is 5.92 Å². The Labute approximate surface area is 82.3 Å². The Hall–Kier alpha value is -0.670. The lowest BCUT2D eigenvalue weighted by atomic mass is 9.84. The van der Waals surface area contributed by atoms with Gasteiger partial charge in [0.2, 0.25) is 5.91 Å². The molecular weight excluding hydrogens is 188 g/mol. The second kappa shape index (κ2) is 3.48. The fraction of sp³-hybridized carbons (Fsp3) is 0.900. The molecule has 0 bridgehead atoms. The van der Waals surface area contributed by atoms with Gasteiger partial charge < -0.3 is 4.90 Å². The van der Waals surface area contributed by atoms with Gasteiger partial charge in [0, 0.05) is 18.9 Å². The smallest absolute Gasteiger partial charge is 0.265 e. The van der Waals surface area contributed by atoms with Gasteiger partial charge in [-0.05, 0) is 19.3 Å². The summed E-state index contributed by atoms with van der Waals surface area (Å²) in [6, 6.07) is 0. The molecular formula is C10H15F2NO. The zero-order valence-corrected chi connectivity index (χ0v) is 8.14. The van der Waals surface area contributed by atoms with Crippen molar-refractivity contribution in [1.82, 2.24) is 4.90 Å². The molecule has 1 heterocycles. The van der Waals surface area contributed by atoms with E-state index in [0.717, 1.165) is 19.3 Å². The molecule has 0 unspecified atom stereocenters. The van der Waals surface area contributed by atoms with Crippen molar-refractivity contribution >= 4 is 5.91 Å². The van der Waals surface area contributed by atoms with Crippen LogP contribution in [0.25, 0.3) is 0 Å². The summed E-state index contributed by atoms with van der Waals surface area (Å²) < 4.78 is 26.0. The van der Waals surface area contributed by atoms with E-state index >= 15 is 0 Å². The lowest BCUT2D eigenvalue weighted by Crippen LogP contribution is -2.48. The molecule has 2 fully saturated rings. The quantitative estimate of drug-likeness (QED) is 0.638. The molecule has 0 N–H and O–H groups in total. The Morgan fingerprint density at radius 2 is 2.00 bits per heavy atom. The number of carbonyl (C=O) groups excluding carboxylic acids is 1. The Morgan fingerprint density at radius 3 is 2.50 bits per heavy atom. The maximum atomic E-state index is 13.0. The molecule has 0 aromatic rings. The minimum absolute atomic E-state index is 0.0453. The van der Waals surface area contributed by atoms with E-state index in [1.54, 1.807) is 0 Å². The molecule has 0 aromatic heterocycles. The monoisotopic (exact) mass is 203 g/mol. The predicted octanol–water partition coefficient (Wildman–Crippen LogP) is 2.04. The van der Waals surface area contributed by atoms with E-state index in [2.05, 4.69) is 0 Å². The van der Waals surface area contributed by atoms with Crippen molar-refractivity contribution < 1.29 is 13.6 Å². The van der Waals surface area contributed by atoms with Crippen LogP contribution >= 0.6 is 0 Å². The van der Waals surface area contributed by atoms with Crippen LogP contribution in [0.4, 0.5) is 8.78 Å². The molecule has 0 aromatic carbocycles. The molecule has 1 amide bonds. The number of amides is 1. The van der Waals surface area contributed by atoms with Crippen LogP contribution in [0.3, 0.4) is 0 Å². The van der Waals surface area contributed by atoms with Crippen molar-refractivity contribution in [1.29, 1.82) is 0 Å². The van der Waals surface area contributed by atoms with E-state index in [9.17, 15) is 13.6 Å². The molecule has 2 rings (SSSR count). The fourth-order valence-electron chi connectivity index (χ4n) is 2.07. The zero-order valence-electron chi connectivity index (χ0n) is 8.14. The highest BCUT2D eigenvalue weighted by molar-refractivity contribution is 5.79. The van der Waals surface area contributed by atoms with Crippen LogP contribution in [0.5, 0.6) is 0 Å². The number of alkyl halides is 2. The number of likely N-dealkylation sites (tertiary alicyclic amines) is 1. The van der Waals surface area contributed by atoms with E-state index < -0.39 is 5.92 Å². The SMILES string of the molecule is O=C(C1CCC1)N1CCCC(F)(F)C1. The van der Waals surface area contributed by atoms with Crippen LogP contribution in [-0.4, -0.2) is 29.8 Å². The molecule has 2 nitrogen and oxygen atoms in total. The molecule has 1 saturated heterocycles. The molecule has 14 heavy (non-hydrogen) atoms. The number of rotatable bonds is 1. The summed E-state index contributed by atoms with van der Waals surface area (Å²) >= 11 is 0. The number of hydrogen-bond acceptors (Lipinski definition) is 1. The molecule has 4 heteroatoms. The third-order valence-corrected chi connectivity index (χ3v) is 3.16. The molecule has 2 aliphatic rings. The molecule has 80 valence electrons. The van der Waals surface area contributed by atoms with Gasteiger partial charge in [-0.2, -0.15) is 0 Å². The Morgan fingerprint density at radius 1 is 1.29 bits per heavy atom. The summed E-state index contributed by atoms with van der Waals surface area (Å²) in [5.74, 6) is -2.66. The normalized spacial score (nSPS) is 27.1. The predicted molar refractivity (Wildman–Crippen MR) is 48.1 cm³/mol. The molecule has 0 spiro atoms. The van der Waals surface area contributed by atoms with Gasteiger partial charge in [0.1, 0.15) is 0 Å². The topological polar surface area (TPSA) is 20.3 Å². The minimum atomic E-state index is -2.66. The second-order valence-electron chi connectivity index (χ2n) is 4.35. The van der Waals surface area contributed by atoms with Crippen molar-refractivity contribution in [3.8, 4) is 0 Å². The number of nitrogens with zero attached hydrogens (tertiary/aromatic N) is 1. The van der Waals surface area contributed by atoms with Crippen LogP contribution in [0.1, 0.15) is 32.1 Å². The molecule has 1 saturated carbocycles. The lowest BCUT2D eigenvalue weighted by Gasteiger charge is -2.36. The first-order chi connectivity index (χ1) is 6.58. The molecule has 1 aliphatic heterocycles. The van der Waals surface area contributed by atoms with Crippen LogP contribution in [0.15, 0.2) is 0 Å². The summed E-state index contributed by atoms with van der Waals surface area (Å²) in [7, 11) is 0. The third-order valence-electron chi connectivity index (χ3n) is 3.16. The second-order valence-corrected chi connectivity index (χ2v) is 4.35. The van der Waals surface area contributed by atoms with E-state index in [-0.39, 0.29) is 24.8 Å². The van der Waals surface area contributed by atoms with E-state index in [1.165, 1.54) is 4.90 Å². The summed E-state index contributed by atoms with van der Waals surface area (Å²) in [6.07, 6.45) is 3.22. The zero-order chi connectivity index (χ0) is 10.2. The van der Waals surface area contributed by atoms with Crippen molar-refractivity contribution in [2.24, 2.45) is 5.92 Å². The van der Waals surface area contributed by atoms with Gasteiger partial charge >= 0.3 is 0 Å². The van der Waals surface area contributed by atoms with E-state index in [1.807, 2.05) is 0 Å². The largest absolute Gasteiger partial charge is 0.336 e. The van der Waals surface area contributed by atoms with Crippen LogP contribution in [-0.2, 0) is 4.79 Å². The van der Waals surface area contributed by atoms with Gasteiger partial charge in [-0.1, -0.05) is 6.42 Å². The maximum Gasteiger partial charge on any atom is 0.265 e. The van der Waals surface area contributed by atoms with Gasteiger partial charge in [0.05, 0.1) is 6.54 Å². The number of carbonyl (C=O) groups is 1. The first-order valence-electron chi connectivity index (χ1n) is 5.25. The standard InChI is InChI=1S/C10H15F2NO/c11-10(12)5-2-6-13(7-10)9(14)8-3-1-4-8/h8H,1-7H2. The maximum absolute atomic E-state index is 13.0. The molecule has 0 atom stereocenters. The van der Waals surface area contributed by atoms with Gasteiger partial charge in [-0.3, -0.25) is 4.79 Å². The van der Waals surface area contributed by atoms with Gasteiger partial charge in [-0.15, -0.1) is 0 Å². The van der Waals surface area contributed by atoms with E-state index in [0.29, 0.717) is 13.0 Å². The van der Waals surface area contributed by atoms with Gasteiger partial charge in [-0.25, -0.2) is 8.78 Å². The Kier molecular flexibility index (Phi) is 2.45. The highest BCUT2D eigenvalue weighted by Gasteiger charge is 2.39. The number of halogens is 2. The van der Waals surface area contributed by atoms with Crippen LogP contribution < -0.4 is 0 Å². The average molecular weight is 203 g/mol. The van der Waals surface area contributed by atoms with Crippen molar-refractivity contribution in [2.45, 2.75) is 38.0 Å². The highest BCUT2D eigenvalue weighted by atomic mass is 19.3. The number of piperidine rings is 1. The van der Waals surface area contributed by atoms with Crippen molar-refractivity contribution in [3.63, 3.8) is 0 Å². The van der Waals surface area contributed by atoms with Crippen molar-refractivity contribution in [2.75, 3.05) is 13.1 Å². The summed E-state index contributed by atoms with van der Waals surface area (Å²) in [4.78, 5) is 13.0. The van der Waals surface area contributed by atoms with Crippen LogP contribution in [0.2, 0.25) is 0 Å².